The average Bonchev–Trinajstić information content (AvgIpc) is 3.16. The van der Waals surface area contributed by atoms with Crippen molar-refractivity contribution in [3.8, 4) is 5.69 Å². The van der Waals surface area contributed by atoms with Gasteiger partial charge in [0.15, 0.2) is 0 Å². The van der Waals surface area contributed by atoms with Gasteiger partial charge >= 0.3 is 11.9 Å². The molecule has 0 aliphatic heterocycles. The lowest BCUT2D eigenvalue weighted by Gasteiger charge is -2.15. The maximum absolute atomic E-state index is 14.5. The molecule has 2 aromatic heterocycles. The molecule has 2 heterocycles. The van der Waals surface area contributed by atoms with E-state index in [1.807, 2.05) is 0 Å². The molecule has 3 rings (SSSR count). The van der Waals surface area contributed by atoms with Gasteiger partial charge in [-0.25, -0.2) is 22.2 Å². The van der Waals surface area contributed by atoms with Crippen LogP contribution < -0.4 is 16.0 Å². The van der Waals surface area contributed by atoms with Crippen molar-refractivity contribution in [1.82, 2.24) is 9.13 Å². The summed E-state index contributed by atoms with van der Waals surface area (Å²) < 4.78 is 80.4. The average molecular weight is 484 g/mol. The lowest BCUT2D eigenvalue weighted by atomic mass is 10.2. The van der Waals surface area contributed by atoms with Crippen molar-refractivity contribution >= 4 is 38.6 Å². The predicted molar refractivity (Wildman–Crippen MR) is 102 cm³/mol. The zero-order valence-electron chi connectivity index (χ0n) is 14.7. The summed E-state index contributed by atoms with van der Waals surface area (Å²) in [5.74, 6) is -1.22. The molecule has 0 saturated carbocycles. The van der Waals surface area contributed by atoms with Gasteiger partial charge in [-0.05, 0) is 23.6 Å². The van der Waals surface area contributed by atoms with Crippen LogP contribution in [0.1, 0.15) is 5.69 Å². The molecule has 0 amide bonds. The molecule has 0 fully saturated rings. The summed E-state index contributed by atoms with van der Waals surface area (Å²) in [7, 11) is -3.36. The third kappa shape index (κ3) is 4.00. The Balaban J connectivity index is 2.20. The first-order valence-corrected chi connectivity index (χ1v) is 10.5. The van der Waals surface area contributed by atoms with E-state index in [4.69, 9.17) is 11.6 Å². The number of rotatable bonds is 4. The number of hydrogen-bond donors (Lipinski definition) is 1. The summed E-state index contributed by atoms with van der Waals surface area (Å²) >= 11 is 6.76. The minimum Gasteiger partial charge on any atom is -0.292 e. The van der Waals surface area contributed by atoms with E-state index < -0.39 is 49.7 Å². The van der Waals surface area contributed by atoms with E-state index in [0.29, 0.717) is 6.07 Å². The molecule has 3 aromatic rings. The van der Waals surface area contributed by atoms with Crippen LogP contribution in [0.25, 0.3) is 5.69 Å². The van der Waals surface area contributed by atoms with E-state index in [0.717, 1.165) is 24.5 Å². The van der Waals surface area contributed by atoms with Crippen LogP contribution in [0.15, 0.2) is 49.5 Å². The van der Waals surface area contributed by atoms with Crippen LogP contribution in [0.2, 0.25) is 5.02 Å². The molecule has 0 aliphatic carbocycles. The Hall–Kier alpha value is -2.64. The summed E-state index contributed by atoms with van der Waals surface area (Å²) in [5, 5.41) is 1.10. The lowest BCUT2D eigenvalue weighted by Crippen LogP contribution is -2.41. The van der Waals surface area contributed by atoms with Gasteiger partial charge in [0, 0.05) is 13.1 Å². The SMILES string of the molecule is Cn1c(C(F)(F)F)cc(=O)n(-c2cc(NS(=O)(=O)c3cccs3)c(Cl)cc2F)c1=O. The number of anilines is 1. The topological polar surface area (TPSA) is 90.2 Å². The van der Waals surface area contributed by atoms with Crippen molar-refractivity contribution in [2.75, 3.05) is 4.72 Å². The van der Waals surface area contributed by atoms with Crippen molar-refractivity contribution in [3.63, 3.8) is 0 Å². The number of benzene rings is 1. The first kappa shape index (κ1) is 22.1. The maximum Gasteiger partial charge on any atom is 0.431 e. The van der Waals surface area contributed by atoms with Crippen LogP contribution in [-0.2, 0) is 23.2 Å². The smallest absolute Gasteiger partial charge is 0.292 e. The van der Waals surface area contributed by atoms with E-state index in [2.05, 4.69) is 4.72 Å². The normalized spacial score (nSPS) is 12.2. The largest absolute Gasteiger partial charge is 0.431 e. The standard InChI is InChI=1S/C16H10ClF4N3O4S2/c1-23-12(16(19,20)21)7-13(25)24(15(23)26)11-6-10(8(17)5-9(11)18)22-30(27,28)14-3-2-4-29-14/h2-7,22H,1H3. The van der Waals surface area contributed by atoms with Crippen molar-refractivity contribution in [3.05, 3.63) is 73.1 Å². The highest BCUT2D eigenvalue weighted by Gasteiger charge is 2.35. The van der Waals surface area contributed by atoms with Gasteiger partial charge in [0.05, 0.1) is 16.4 Å². The Kier molecular flexibility index (Phi) is 5.56. The fourth-order valence-electron chi connectivity index (χ4n) is 2.52. The quantitative estimate of drug-likeness (QED) is 0.577. The molecule has 0 saturated heterocycles. The minimum absolute atomic E-state index is 0.0907. The van der Waals surface area contributed by atoms with Gasteiger partial charge in [0.1, 0.15) is 15.7 Å². The molecule has 14 heteroatoms. The second-order valence-electron chi connectivity index (χ2n) is 5.86. The molecule has 30 heavy (non-hydrogen) atoms. The highest BCUT2D eigenvalue weighted by Crippen LogP contribution is 2.30. The van der Waals surface area contributed by atoms with Gasteiger partial charge in [-0.1, -0.05) is 17.7 Å². The van der Waals surface area contributed by atoms with Crippen LogP contribution in [0.3, 0.4) is 0 Å². The Morgan fingerprint density at radius 3 is 2.40 bits per heavy atom. The van der Waals surface area contributed by atoms with Crippen LogP contribution in [0.5, 0.6) is 0 Å². The van der Waals surface area contributed by atoms with Gasteiger partial charge in [-0.2, -0.15) is 13.2 Å². The molecule has 7 nitrogen and oxygen atoms in total. The van der Waals surface area contributed by atoms with Crippen molar-refractivity contribution in [2.24, 2.45) is 7.05 Å². The third-order valence-corrected chi connectivity index (χ3v) is 6.97. The molecule has 1 aromatic carbocycles. The summed E-state index contributed by atoms with van der Waals surface area (Å²) in [5.41, 5.74) is -5.62. The van der Waals surface area contributed by atoms with Crippen molar-refractivity contribution in [2.45, 2.75) is 10.4 Å². The zero-order chi connectivity index (χ0) is 22.4. The predicted octanol–water partition coefficient (Wildman–Crippen LogP) is 3.21. The molecule has 0 bridgehead atoms. The fourth-order valence-corrected chi connectivity index (χ4v) is 4.84. The fraction of sp³-hybridized carbons (Fsp3) is 0.125. The van der Waals surface area contributed by atoms with Crippen molar-refractivity contribution in [1.29, 1.82) is 0 Å². The monoisotopic (exact) mass is 483 g/mol. The van der Waals surface area contributed by atoms with E-state index in [1.54, 1.807) is 0 Å². The molecule has 160 valence electrons. The lowest BCUT2D eigenvalue weighted by molar-refractivity contribution is -0.144. The van der Waals surface area contributed by atoms with Gasteiger partial charge in [-0.3, -0.25) is 14.1 Å². The second kappa shape index (κ2) is 7.56. The van der Waals surface area contributed by atoms with Gasteiger partial charge < -0.3 is 0 Å². The second-order valence-corrected chi connectivity index (χ2v) is 9.13. The first-order chi connectivity index (χ1) is 13.8. The summed E-state index contributed by atoms with van der Waals surface area (Å²) in [6.45, 7) is 0. The van der Waals surface area contributed by atoms with Crippen LogP contribution in [0, 0.1) is 5.82 Å². The highest BCUT2D eigenvalue weighted by atomic mass is 35.5. The Labute approximate surface area is 174 Å². The Morgan fingerprint density at radius 1 is 1.17 bits per heavy atom. The molecule has 0 aliphatic rings. The minimum atomic E-state index is -4.99. The Morgan fingerprint density at radius 2 is 1.83 bits per heavy atom. The Bertz CT molecular complexity index is 1350. The summed E-state index contributed by atoms with van der Waals surface area (Å²) in [6, 6.07) is 4.28. The van der Waals surface area contributed by atoms with E-state index in [9.17, 15) is 35.6 Å². The number of nitrogens with zero attached hydrogens (tertiary/aromatic N) is 2. The van der Waals surface area contributed by atoms with E-state index >= 15 is 0 Å². The number of thiophene rings is 1. The highest BCUT2D eigenvalue weighted by molar-refractivity contribution is 7.94. The first-order valence-electron chi connectivity index (χ1n) is 7.79. The number of halogens is 5. The molecule has 0 unspecified atom stereocenters. The number of aromatic nitrogens is 2. The summed E-state index contributed by atoms with van der Waals surface area (Å²) in [6.07, 6.45) is -4.99. The van der Waals surface area contributed by atoms with E-state index in [1.165, 1.54) is 17.5 Å². The van der Waals surface area contributed by atoms with Crippen LogP contribution >= 0.6 is 22.9 Å². The number of hydrogen-bond acceptors (Lipinski definition) is 5. The van der Waals surface area contributed by atoms with Crippen LogP contribution in [0.4, 0.5) is 23.2 Å². The zero-order valence-corrected chi connectivity index (χ0v) is 17.1. The van der Waals surface area contributed by atoms with Crippen molar-refractivity contribution < 1.29 is 26.0 Å². The van der Waals surface area contributed by atoms with Gasteiger partial charge in [-0.15, -0.1) is 11.3 Å². The van der Waals surface area contributed by atoms with E-state index in [-0.39, 0.29) is 25.1 Å². The number of sulfonamides is 1. The molecular weight excluding hydrogens is 474 g/mol. The van der Waals surface area contributed by atoms with Gasteiger partial charge in [0.25, 0.3) is 15.6 Å². The molecular formula is C16H10ClF4N3O4S2. The van der Waals surface area contributed by atoms with Crippen LogP contribution in [-0.4, -0.2) is 17.6 Å². The summed E-state index contributed by atoms with van der Waals surface area (Å²) in [4.78, 5) is 24.6. The maximum atomic E-state index is 14.5. The molecule has 1 N–H and O–H groups in total. The number of alkyl halides is 3. The molecule has 0 atom stereocenters. The van der Waals surface area contributed by atoms with Gasteiger partial charge in [0.2, 0.25) is 0 Å². The third-order valence-electron chi connectivity index (χ3n) is 3.89. The number of nitrogens with one attached hydrogen (secondary N) is 1. The molecule has 0 spiro atoms. The molecule has 0 radical (unpaired) electrons.